The van der Waals surface area contributed by atoms with Crippen molar-refractivity contribution in [3.05, 3.63) is 52.4 Å². The van der Waals surface area contributed by atoms with Crippen molar-refractivity contribution in [1.29, 1.82) is 0 Å². The number of nitrogens with zero attached hydrogens (tertiary/aromatic N) is 4. The quantitative estimate of drug-likeness (QED) is 0.312. The van der Waals surface area contributed by atoms with Crippen molar-refractivity contribution < 1.29 is 14.6 Å². The van der Waals surface area contributed by atoms with Gasteiger partial charge >= 0.3 is 0 Å². The predicted molar refractivity (Wildman–Crippen MR) is 130 cm³/mol. The van der Waals surface area contributed by atoms with Gasteiger partial charge in [-0.3, -0.25) is 9.48 Å². The van der Waals surface area contributed by atoms with Crippen LogP contribution in [0.25, 0.3) is 0 Å². The van der Waals surface area contributed by atoms with Gasteiger partial charge in [0, 0.05) is 18.9 Å². The van der Waals surface area contributed by atoms with Crippen LogP contribution >= 0.6 is 23.2 Å². The first-order valence-corrected chi connectivity index (χ1v) is 11.7. The molecule has 0 bridgehead atoms. The molecule has 2 heterocycles. The topological polar surface area (TPSA) is 126 Å². The van der Waals surface area contributed by atoms with Gasteiger partial charge in [0.1, 0.15) is 11.7 Å². The lowest BCUT2D eigenvalue weighted by Gasteiger charge is -2.13. The second-order valence-corrected chi connectivity index (χ2v) is 8.63. The van der Waals surface area contributed by atoms with Crippen LogP contribution in [0.4, 0.5) is 17.3 Å². The fraction of sp³-hybridized carbons (Fsp3) is 0.364. The van der Waals surface area contributed by atoms with Gasteiger partial charge in [-0.25, -0.2) is 4.98 Å². The summed E-state index contributed by atoms with van der Waals surface area (Å²) in [7, 11) is 0. The SMILES string of the molecule is CCNC[C@H](O)Cn1cc(Nc2ncc(C(=O)Nc3c(Cl)cccc3Cl)c(OC3CC3)n2)cn1. The molecule has 10 nitrogen and oxygen atoms in total. The van der Waals surface area contributed by atoms with Crippen LogP contribution in [0.1, 0.15) is 30.1 Å². The molecule has 1 fully saturated rings. The monoisotopic (exact) mass is 505 g/mol. The molecule has 0 aliphatic heterocycles. The van der Waals surface area contributed by atoms with Gasteiger partial charge < -0.3 is 25.8 Å². The summed E-state index contributed by atoms with van der Waals surface area (Å²) in [5.41, 5.74) is 1.10. The summed E-state index contributed by atoms with van der Waals surface area (Å²) in [6, 6.07) is 4.96. The molecule has 4 N–H and O–H groups in total. The molecule has 0 radical (unpaired) electrons. The molecule has 1 aliphatic rings. The molecule has 180 valence electrons. The van der Waals surface area contributed by atoms with Gasteiger partial charge in [-0.1, -0.05) is 36.2 Å². The minimum absolute atomic E-state index is 0.0131. The Morgan fingerprint density at radius 1 is 1.29 bits per heavy atom. The molecule has 0 saturated heterocycles. The number of likely N-dealkylation sites (N-methyl/N-ethyl adjacent to an activating group) is 1. The molecule has 3 aromatic rings. The number of hydrogen-bond acceptors (Lipinski definition) is 8. The van der Waals surface area contributed by atoms with E-state index in [2.05, 4.69) is 31.0 Å². The molecule has 2 aromatic heterocycles. The van der Waals surface area contributed by atoms with Gasteiger partial charge in [0.15, 0.2) is 0 Å². The number of anilines is 3. The van der Waals surface area contributed by atoms with Crippen LogP contribution in [0.15, 0.2) is 36.8 Å². The van der Waals surface area contributed by atoms with Crippen molar-refractivity contribution in [3.8, 4) is 5.88 Å². The maximum absolute atomic E-state index is 12.9. The molecular formula is C22H25Cl2N7O3. The van der Waals surface area contributed by atoms with E-state index in [-0.39, 0.29) is 23.5 Å². The minimum atomic E-state index is -0.563. The molecule has 4 rings (SSSR count). The first kappa shape index (κ1) is 24.2. The largest absolute Gasteiger partial charge is 0.474 e. The van der Waals surface area contributed by atoms with E-state index in [0.717, 1.165) is 19.4 Å². The van der Waals surface area contributed by atoms with Crippen molar-refractivity contribution >= 4 is 46.4 Å². The second kappa shape index (κ2) is 11.0. The van der Waals surface area contributed by atoms with E-state index in [1.807, 2.05) is 6.92 Å². The molecule has 1 atom stereocenters. The molecule has 1 amide bonds. The van der Waals surface area contributed by atoms with Crippen LogP contribution in [-0.4, -0.2) is 56.1 Å². The fourth-order valence-corrected chi connectivity index (χ4v) is 3.55. The Kier molecular flexibility index (Phi) is 7.84. The second-order valence-electron chi connectivity index (χ2n) is 7.82. The van der Waals surface area contributed by atoms with E-state index < -0.39 is 12.0 Å². The number of aliphatic hydroxyl groups is 1. The van der Waals surface area contributed by atoms with Crippen LogP contribution in [0.5, 0.6) is 5.88 Å². The number of benzene rings is 1. The number of carbonyl (C=O) groups excluding carboxylic acids is 1. The average molecular weight is 506 g/mol. The number of ether oxygens (including phenoxy) is 1. The minimum Gasteiger partial charge on any atom is -0.474 e. The zero-order valence-corrected chi connectivity index (χ0v) is 20.0. The highest BCUT2D eigenvalue weighted by molar-refractivity contribution is 6.40. The van der Waals surface area contributed by atoms with E-state index in [4.69, 9.17) is 27.9 Å². The summed E-state index contributed by atoms with van der Waals surface area (Å²) in [5, 5.41) is 23.8. The summed E-state index contributed by atoms with van der Waals surface area (Å²) in [6.07, 6.45) is 5.96. The van der Waals surface area contributed by atoms with Crippen LogP contribution in [0, 0.1) is 0 Å². The third-order valence-corrected chi connectivity index (χ3v) is 5.55. The van der Waals surface area contributed by atoms with Crippen molar-refractivity contribution in [2.45, 2.75) is 38.5 Å². The predicted octanol–water partition coefficient (Wildman–Crippen LogP) is 3.49. The zero-order chi connectivity index (χ0) is 24.1. The van der Waals surface area contributed by atoms with Crippen molar-refractivity contribution in [3.63, 3.8) is 0 Å². The van der Waals surface area contributed by atoms with Gasteiger partial charge in [0.05, 0.1) is 40.3 Å². The van der Waals surface area contributed by atoms with Crippen LogP contribution in [-0.2, 0) is 6.54 Å². The van der Waals surface area contributed by atoms with Gasteiger partial charge in [-0.05, 0) is 31.5 Å². The number of halogens is 2. The molecule has 1 aliphatic carbocycles. The van der Waals surface area contributed by atoms with E-state index in [1.165, 1.54) is 6.20 Å². The maximum atomic E-state index is 12.9. The average Bonchev–Trinajstić information content (AvgIpc) is 3.52. The Morgan fingerprint density at radius 3 is 2.76 bits per heavy atom. The fourth-order valence-electron chi connectivity index (χ4n) is 3.06. The third-order valence-electron chi connectivity index (χ3n) is 4.92. The highest BCUT2D eigenvalue weighted by atomic mass is 35.5. The molecule has 1 aromatic carbocycles. The number of amides is 1. The standard InChI is InChI=1S/C22H25Cl2N7O3/c1-2-25-9-14(32)12-31-11-13(8-27-31)28-22-26-10-16(21(30-22)34-15-6-7-15)20(33)29-19-17(23)4-3-5-18(19)24/h3-5,8,10-11,14-15,25,32H,2,6-7,9,12H2,1H3,(H,29,33)(H,26,28,30)/t14-/m0/s1. The molecule has 0 spiro atoms. The van der Waals surface area contributed by atoms with Gasteiger partial charge in [-0.2, -0.15) is 10.1 Å². The summed E-state index contributed by atoms with van der Waals surface area (Å²) in [4.78, 5) is 21.6. The van der Waals surface area contributed by atoms with E-state index in [9.17, 15) is 9.90 Å². The van der Waals surface area contributed by atoms with Crippen molar-refractivity contribution in [1.82, 2.24) is 25.1 Å². The van der Waals surface area contributed by atoms with E-state index in [0.29, 0.717) is 34.5 Å². The van der Waals surface area contributed by atoms with E-state index >= 15 is 0 Å². The Morgan fingerprint density at radius 2 is 2.06 bits per heavy atom. The highest BCUT2D eigenvalue weighted by Gasteiger charge is 2.28. The number of carbonyl (C=O) groups is 1. The smallest absolute Gasteiger partial charge is 0.262 e. The Bertz CT molecular complexity index is 1130. The molecule has 34 heavy (non-hydrogen) atoms. The van der Waals surface area contributed by atoms with Gasteiger partial charge in [-0.15, -0.1) is 0 Å². The Hall–Kier alpha value is -2.92. The van der Waals surface area contributed by atoms with Crippen molar-refractivity contribution in [2.24, 2.45) is 0 Å². The number of aliphatic hydroxyl groups excluding tert-OH is 1. The Balaban J connectivity index is 1.48. The lowest BCUT2D eigenvalue weighted by Crippen LogP contribution is -2.30. The van der Waals surface area contributed by atoms with Crippen LogP contribution in [0.3, 0.4) is 0 Å². The Labute approximate surface area is 206 Å². The van der Waals surface area contributed by atoms with Crippen LogP contribution in [0.2, 0.25) is 10.0 Å². The number of nitrogens with one attached hydrogen (secondary N) is 3. The lowest BCUT2D eigenvalue weighted by atomic mass is 10.2. The third kappa shape index (κ3) is 6.35. The summed E-state index contributed by atoms with van der Waals surface area (Å²) >= 11 is 12.3. The summed E-state index contributed by atoms with van der Waals surface area (Å²) < 4.78 is 7.50. The summed E-state index contributed by atoms with van der Waals surface area (Å²) in [5.74, 6) is -0.0791. The molecule has 0 unspecified atom stereocenters. The number of hydrogen-bond donors (Lipinski definition) is 4. The number of aromatic nitrogens is 4. The highest BCUT2D eigenvalue weighted by Crippen LogP contribution is 2.32. The zero-order valence-electron chi connectivity index (χ0n) is 18.5. The van der Waals surface area contributed by atoms with Gasteiger partial charge in [0.25, 0.3) is 5.91 Å². The van der Waals surface area contributed by atoms with E-state index in [1.54, 1.807) is 35.3 Å². The normalized spacial score (nSPS) is 14.0. The van der Waals surface area contributed by atoms with Crippen molar-refractivity contribution in [2.75, 3.05) is 23.7 Å². The molecule has 1 saturated carbocycles. The first-order chi connectivity index (χ1) is 16.4. The lowest BCUT2D eigenvalue weighted by molar-refractivity contribution is 0.102. The van der Waals surface area contributed by atoms with Gasteiger partial charge in [0.2, 0.25) is 11.8 Å². The first-order valence-electron chi connectivity index (χ1n) is 10.9. The summed E-state index contributed by atoms with van der Waals surface area (Å²) in [6.45, 7) is 3.58. The number of rotatable bonds is 11. The molecule has 12 heteroatoms. The van der Waals surface area contributed by atoms with Crippen LogP contribution < -0.4 is 20.7 Å². The maximum Gasteiger partial charge on any atom is 0.262 e. The molecular weight excluding hydrogens is 481 g/mol. The number of para-hydroxylation sites is 1.